The molecule has 10 heteroatoms. The van der Waals surface area contributed by atoms with Crippen molar-refractivity contribution in [3.05, 3.63) is 63.7 Å². The van der Waals surface area contributed by atoms with Crippen molar-refractivity contribution in [2.24, 2.45) is 10.9 Å². The van der Waals surface area contributed by atoms with Crippen LogP contribution in [0.1, 0.15) is 38.8 Å². The number of ether oxygens (including phenoxy) is 2. The maximum absolute atomic E-state index is 12.7. The highest BCUT2D eigenvalue weighted by Gasteiger charge is 2.29. The third kappa shape index (κ3) is 4.95. The van der Waals surface area contributed by atoms with Crippen LogP contribution in [0.3, 0.4) is 0 Å². The highest BCUT2D eigenvalue weighted by atomic mass is 35.5. The van der Waals surface area contributed by atoms with Crippen LogP contribution in [0.25, 0.3) is 0 Å². The minimum absolute atomic E-state index is 0.0651. The minimum atomic E-state index is -0.527. The molecule has 0 radical (unpaired) electrons. The van der Waals surface area contributed by atoms with Crippen molar-refractivity contribution in [1.29, 1.82) is 0 Å². The SMILES string of the molecule is CCOC(=O)COc1ccc(C(=O)CN2Cc3cc(C(N)=NO)ccc3C2=O)cc1Cl. The standard InChI is InChI=1S/C21H20ClN3O6/c1-2-30-19(27)11-31-18-6-4-12(8-16(18)22)17(26)10-25-9-14-7-13(20(23)24-29)3-5-15(14)21(25)28/h3-8,29H,2,9-11H2,1H3,(H2,23,24). The molecule has 0 bridgehead atoms. The van der Waals surface area contributed by atoms with Gasteiger partial charge in [0.2, 0.25) is 0 Å². The lowest BCUT2D eigenvalue weighted by molar-refractivity contribution is -0.145. The molecule has 1 amide bonds. The van der Waals surface area contributed by atoms with E-state index in [9.17, 15) is 14.4 Å². The van der Waals surface area contributed by atoms with Crippen LogP contribution in [0.15, 0.2) is 41.6 Å². The molecule has 31 heavy (non-hydrogen) atoms. The number of ketones is 1. The highest BCUT2D eigenvalue weighted by Crippen LogP contribution is 2.27. The molecule has 1 heterocycles. The number of halogens is 1. The van der Waals surface area contributed by atoms with Crippen molar-refractivity contribution < 1.29 is 29.1 Å². The number of esters is 1. The normalized spacial score (nSPS) is 13.2. The second-order valence-corrected chi connectivity index (χ2v) is 7.09. The molecule has 0 aromatic heterocycles. The van der Waals surface area contributed by atoms with Crippen molar-refractivity contribution in [3.8, 4) is 5.75 Å². The minimum Gasteiger partial charge on any atom is -0.480 e. The molecule has 2 aromatic rings. The topological polar surface area (TPSA) is 132 Å². The van der Waals surface area contributed by atoms with E-state index in [1.54, 1.807) is 25.1 Å². The maximum Gasteiger partial charge on any atom is 0.344 e. The first kappa shape index (κ1) is 22.1. The number of nitrogens with two attached hydrogens (primary N) is 1. The van der Waals surface area contributed by atoms with Gasteiger partial charge in [0.05, 0.1) is 18.2 Å². The van der Waals surface area contributed by atoms with Gasteiger partial charge in [-0.1, -0.05) is 22.8 Å². The third-order valence-electron chi connectivity index (χ3n) is 4.63. The number of fused-ring (bicyclic) bond motifs is 1. The van der Waals surface area contributed by atoms with Gasteiger partial charge in [-0.3, -0.25) is 9.59 Å². The molecule has 1 aliphatic heterocycles. The average Bonchev–Trinajstić information content (AvgIpc) is 3.06. The molecular formula is C21H20ClN3O6. The number of rotatable bonds is 8. The second-order valence-electron chi connectivity index (χ2n) is 6.68. The first-order chi connectivity index (χ1) is 14.8. The Balaban J connectivity index is 1.67. The zero-order chi connectivity index (χ0) is 22.5. The van der Waals surface area contributed by atoms with Crippen LogP contribution in [0, 0.1) is 0 Å². The summed E-state index contributed by atoms with van der Waals surface area (Å²) >= 11 is 6.16. The van der Waals surface area contributed by atoms with E-state index in [2.05, 4.69) is 5.16 Å². The molecule has 3 rings (SSSR count). The van der Waals surface area contributed by atoms with Gasteiger partial charge >= 0.3 is 5.97 Å². The van der Waals surface area contributed by atoms with E-state index in [4.69, 9.17) is 32.0 Å². The molecule has 0 unspecified atom stereocenters. The molecule has 0 atom stereocenters. The molecule has 0 saturated carbocycles. The Bertz CT molecular complexity index is 1070. The lowest BCUT2D eigenvalue weighted by Gasteiger charge is -2.15. The molecule has 0 fully saturated rings. The number of hydrogen-bond donors (Lipinski definition) is 2. The fourth-order valence-electron chi connectivity index (χ4n) is 3.12. The van der Waals surface area contributed by atoms with Crippen LogP contribution in [0.2, 0.25) is 5.02 Å². The molecule has 0 saturated heterocycles. The quantitative estimate of drug-likeness (QED) is 0.159. The Morgan fingerprint density at radius 3 is 2.65 bits per heavy atom. The molecule has 162 valence electrons. The van der Waals surface area contributed by atoms with Gasteiger partial charge in [0.25, 0.3) is 5.91 Å². The first-order valence-corrected chi connectivity index (χ1v) is 9.73. The van der Waals surface area contributed by atoms with E-state index in [-0.39, 0.29) is 54.6 Å². The number of amides is 1. The molecule has 0 spiro atoms. The number of benzene rings is 2. The van der Waals surface area contributed by atoms with E-state index in [1.165, 1.54) is 23.1 Å². The number of hydrogen-bond acceptors (Lipinski definition) is 7. The van der Waals surface area contributed by atoms with Gasteiger partial charge in [-0.25, -0.2) is 4.79 Å². The van der Waals surface area contributed by atoms with Crippen LogP contribution in [0.5, 0.6) is 5.75 Å². The fourth-order valence-corrected chi connectivity index (χ4v) is 3.36. The van der Waals surface area contributed by atoms with Gasteiger partial charge in [0.15, 0.2) is 18.2 Å². The summed E-state index contributed by atoms with van der Waals surface area (Å²) in [4.78, 5) is 38.1. The number of carbonyl (C=O) groups excluding carboxylic acids is 3. The Kier molecular flexibility index (Phi) is 6.76. The fraction of sp³-hybridized carbons (Fsp3) is 0.238. The Labute approximate surface area is 183 Å². The summed E-state index contributed by atoms with van der Waals surface area (Å²) in [6.45, 7) is 1.71. The summed E-state index contributed by atoms with van der Waals surface area (Å²) in [6.07, 6.45) is 0. The van der Waals surface area contributed by atoms with Gasteiger partial charge < -0.3 is 25.3 Å². The second kappa shape index (κ2) is 9.48. The summed E-state index contributed by atoms with van der Waals surface area (Å²) in [7, 11) is 0. The number of oxime groups is 1. The lowest BCUT2D eigenvalue weighted by atomic mass is 10.1. The summed E-state index contributed by atoms with van der Waals surface area (Å²) in [5, 5.41) is 11.9. The van der Waals surface area contributed by atoms with Crippen molar-refractivity contribution in [2.45, 2.75) is 13.5 Å². The van der Waals surface area contributed by atoms with Crippen LogP contribution in [0.4, 0.5) is 0 Å². The Morgan fingerprint density at radius 2 is 1.97 bits per heavy atom. The smallest absolute Gasteiger partial charge is 0.344 e. The van der Waals surface area contributed by atoms with E-state index in [0.29, 0.717) is 22.3 Å². The van der Waals surface area contributed by atoms with Crippen molar-refractivity contribution in [3.63, 3.8) is 0 Å². The Morgan fingerprint density at radius 1 is 1.23 bits per heavy atom. The number of nitrogens with zero attached hydrogens (tertiary/aromatic N) is 2. The van der Waals surface area contributed by atoms with Crippen LogP contribution in [-0.2, 0) is 16.1 Å². The van der Waals surface area contributed by atoms with Gasteiger partial charge in [0, 0.05) is 23.2 Å². The van der Waals surface area contributed by atoms with E-state index >= 15 is 0 Å². The first-order valence-electron chi connectivity index (χ1n) is 9.35. The van der Waals surface area contributed by atoms with Crippen LogP contribution in [-0.4, -0.2) is 53.4 Å². The zero-order valence-corrected chi connectivity index (χ0v) is 17.4. The molecule has 2 aromatic carbocycles. The maximum atomic E-state index is 12.7. The average molecular weight is 446 g/mol. The molecule has 1 aliphatic rings. The van der Waals surface area contributed by atoms with Crippen molar-refractivity contribution >= 4 is 35.1 Å². The third-order valence-corrected chi connectivity index (χ3v) is 4.92. The predicted octanol–water partition coefficient (Wildman–Crippen LogP) is 2.22. The van der Waals surface area contributed by atoms with Crippen LogP contribution >= 0.6 is 11.6 Å². The van der Waals surface area contributed by atoms with Gasteiger partial charge in [-0.2, -0.15) is 0 Å². The largest absolute Gasteiger partial charge is 0.480 e. The monoisotopic (exact) mass is 445 g/mol. The van der Waals surface area contributed by atoms with Crippen molar-refractivity contribution in [2.75, 3.05) is 19.8 Å². The van der Waals surface area contributed by atoms with Gasteiger partial charge in [-0.05, 0) is 42.8 Å². The predicted molar refractivity (Wildman–Crippen MR) is 112 cm³/mol. The number of carbonyl (C=O) groups is 3. The summed E-state index contributed by atoms with van der Waals surface area (Å²) in [5.41, 5.74) is 7.52. The van der Waals surface area contributed by atoms with E-state index in [1.807, 2.05) is 0 Å². The van der Waals surface area contributed by atoms with Crippen LogP contribution < -0.4 is 10.5 Å². The van der Waals surface area contributed by atoms with Gasteiger partial charge in [0.1, 0.15) is 5.75 Å². The number of Topliss-reactive ketones (excluding diaryl/α,β-unsaturated/α-hetero) is 1. The van der Waals surface area contributed by atoms with Gasteiger partial charge in [-0.15, -0.1) is 0 Å². The summed E-state index contributed by atoms with van der Waals surface area (Å²) in [6, 6.07) is 9.24. The molecular weight excluding hydrogens is 426 g/mol. The lowest BCUT2D eigenvalue weighted by Crippen LogP contribution is -2.30. The Hall–Kier alpha value is -3.59. The zero-order valence-electron chi connectivity index (χ0n) is 16.6. The summed E-state index contributed by atoms with van der Waals surface area (Å²) in [5.74, 6) is -0.941. The van der Waals surface area contributed by atoms with E-state index < -0.39 is 5.97 Å². The summed E-state index contributed by atoms with van der Waals surface area (Å²) < 4.78 is 10.1. The van der Waals surface area contributed by atoms with Crippen molar-refractivity contribution in [1.82, 2.24) is 4.90 Å². The van der Waals surface area contributed by atoms with E-state index in [0.717, 1.165) is 0 Å². The highest BCUT2D eigenvalue weighted by molar-refractivity contribution is 6.32. The molecule has 0 aliphatic carbocycles. The number of amidine groups is 1. The molecule has 3 N–H and O–H groups in total. The molecule has 9 nitrogen and oxygen atoms in total.